The molecule has 0 radical (unpaired) electrons. The van der Waals surface area contributed by atoms with Crippen LogP contribution in [-0.2, 0) is 0 Å². The van der Waals surface area contributed by atoms with Gasteiger partial charge in [0.25, 0.3) is 0 Å². The van der Waals surface area contributed by atoms with E-state index in [-0.39, 0.29) is 12.1 Å². The molecule has 3 aromatic rings. The molecule has 6 nitrogen and oxygen atoms in total. The minimum atomic E-state index is -0.0785. The Morgan fingerprint density at radius 3 is 2.71 bits per heavy atom. The molecule has 1 atom stereocenters. The summed E-state index contributed by atoms with van der Waals surface area (Å²) in [5, 5.41) is 4.26. The monoisotopic (exact) mass is 281 g/mol. The lowest BCUT2D eigenvalue weighted by atomic mass is 10.1. The Morgan fingerprint density at radius 2 is 1.95 bits per heavy atom. The van der Waals surface area contributed by atoms with Gasteiger partial charge in [0.2, 0.25) is 5.88 Å². The van der Waals surface area contributed by atoms with Crippen LogP contribution in [0.2, 0.25) is 0 Å². The highest BCUT2D eigenvalue weighted by atomic mass is 16.5. The van der Waals surface area contributed by atoms with Crippen LogP contribution >= 0.6 is 0 Å². The number of nitrogens with zero attached hydrogens (tertiary/aromatic N) is 4. The van der Waals surface area contributed by atoms with Gasteiger partial charge in [0.15, 0.2) is 0 Å². The molecule has 2 heterocycles. The highest BCUT2D eigenvalue weighted by Crippen LogP contribution is 2.19. The zero-order valence-electron chi connectivity index (χ0n) is 11.5. The number of rotatable bonds is 4. The van der Waals surface area contributed by atoms with Crippen molar-refractivity contribution in [3.05, 3.63) is 60.6 Å². The molecular formula is C15H15N5O. The van der Waals surface area contributed by atoms with Gasteiger partial charge in [-0.1, -0.05) is 18.2 Å². The number of hydrogen-bond acceptors (Lipinski definition) is 5. The third-order valence-electron chi connectivity index (χ3n) is 2.97. The summed E-state index contributed by atoms with van der Waals surface area (Å²) in [6.45, 7) is 1.90. The Kier molecular flexibility index (Phi) is 3.61. The molecule has 0 saturated carbocycles. The number of nitrogens with two attached hydrogens (primary N) is 1. The minimum absolute atomic E-state index is 0.0785. The van der Waals surface area contributed by atoms with E-state index in [1.807, 2.05) is 43.3 Å². The molecule has 6 heteroatoms. The van der Waals surface area contributed by atoms with Gasteiger partial charge in [-0.3, -0.25) is 0 Å². The van der Waals surface area contributed by atoms with Crippen molar-refractivity contribution in [1.29, 1.82) is 0 Å². The Hall–Kier alpha value is -2.73. The molecule has 1 unspecified atom stereocenters. The van der Waals surface area contributed by atoms with Crippen molar-refractivity contribution < 1.29 is 4.74 Å². The summed E-state index contributed by atoms with van der Waals surface area (Å²) < 4.78 is 7.21. The van der Waals surface area contributed by atoms with E-state index in [0.29, 0.717) is 5.88 Å². The molecule has 2 N–H and O–H groups in total. The summed E-state index contributed by atoms with van der Waals surface area (Å²) in [4.78, 5) is 8.25. The van der Waals surface area contributed by atoms with Crippen LogP contribution in [0.3, 0.4) is 0 Å². The molecule has 106 valence electrons. The molecule has 21 heavy (non-hydrogen) atoms. The highest BCUT2D eigenvalue weighted by molar-refractivity contribution is 5.30. The van der Waals surface area contributed by atoms with Gasteiger partial charge in [0, 0.05) is 18.3 Å². The third-order valence-corrected chi connectivity index (χ3v) is 2.97. The van der Waals surface area contributed by atoms with Crippen LogP contribution < -0.4 is 10.5 Å². The Morgan fingerprint density at radius 1 is 1.14 bits per heavy atom. The minimum Gasteiger partial charge on any atom is -0.404 e. The largest absolute Gasteiger partial charge is 0.404 e. The third kappa shape index (κ3) is 3.06. The highest BCUT2D eigenvalue weighted by Gasteiger charge is 2.07. The Balaban J connectivity index is 1.80. The first kappa shape index (κ1) is 13.3. The summed E-state index contributed by atoms with van der Waals surface area (Å²) in [6.07, 6.45) is 3.25. The van der Waals surface area contributed by atoms with E-state index in [0.717, 1.165) is 11.3 Å². The van der Waals surface area contributed by atoms with E-state index in [9.17, 15) is 0 Å². The van der Waals surface area contributed by atoms with E-state index in [4.69, 9.17) is 10.5 Å². The molecule has 0 aliphatic heterocycles. The van der Waals surface area contributed by atoms with Gasteiger partial charge in [0.1, 0.15) is 6.33 Å². The number of ether oxygens (including phenoxy) is 1. The van der Waals surface area contributed by atoms with Gasteiger partial charge in [-0.25, -0.2) is 9.67 Å². The smallest absolute Gasteiger partial charge is 0.342 e. The standard InChI is InChI=1S/C15H15N5O/c1-11(16)12-7-8-17-14(9-12)21-15-18-10-20(19-15)13-5-3-2-4-6-13/h2-11H,16H2,1H3. The van der Waals surface area contributed by atoms with Crippen molar-refractivity contribution >= 4 is 0 Å². The summed E-state index contributed by atoms with van der Waals surface area (Å²) in [6, 6.07) is 13.5. The molecule has 0 saturated heterocycles. The van der Waals surface area contributed by atoms with E-state index < -0.39 is 0 Å². The SMILES string of the molecule is CC(N)c1ccnc(Oc2ncn(-c3ccccc3)n2)c1. The molecule has 0 aliphatic rings. The lowest BCUT2D eigenvalue weighted by Crippen LogP contribution is -2.05. The number of benzene rings is 1. The summed E-state index contributed by atoms with van der Waals surface area (Å²) >= 11 is 0. The fourth-order valence-corrected chi connectivity index (χ4v) is 1.86. The second kappa shape index (κ2) is 5.72. The normalized spacial score (nSPS) is 12.1. The molecule has 0 fully saturated rings. The molecular weight excluding hydrogens is 266 g/mol. The summed E-state index contributed by atoms with van der Waals surface area (Å²) in [7, 11) is 0. The Bertz CT molecular complexity index is 724. The molecule has 0 bridgehead atoms. The first-order valence-corrected chi connectivity index (χ1v) is 6.59. The second-order valence-electron chi connectivity index (χ2n) is 4.63. The fourth-order valence-electron chi connectivity index (χ4n) is 1.86. The average Bonchev–Trinajstić information content (AvgIpc) is 2.97. The first-order chi connectivity index (χ1) is 10.2. The van der Waals surface area contributed by atoms with E-state index in [1.54, 1.807) is 23.3 Å². The fraction of sp³-hybridized carbons (Fsp3) is 0.133. The van der Waals surface area contributed by atoms with Gasteiger partial charge in [-0.15, -0.1) is 5.10 Å². The molecule has 2 aromatic heterocycles. The van der Waals surface area contributed by atoms with Crippen LogP contribution in [0.15, 0.2) is 55.0 Å². The van der Waals surface area contributed by atoms with Crippen LogP contribution in [0.4, 0.5) is 0 Å². The van der Waals surface area contributed by atoms with Crippen LogP contribution in [-0.4, -0.2) is 19.7 Å². The first-order valence-electron chi connectivity index (χ1n) is 6.59. The maximum Gasteiger partial charge on any atom is 0.342 e. The lowest BCUT2D eigenvalue weighted by Gasteiger charge is -2.06. The molecule has 1 aromatic carbocycles. The summed E-state index contributed by atoms with van der Waals surface area (Å²) in [5.41, 5.74) is 7.70. The molecule has 3 rings (SSSR count). The molecule has 0 spiro atoms. The topological polar surface area (TPSA) is 78.9 Å². The van der Waals surface area contributed by atoms with Crippen molar-refractivity contribution in [3.63, 3.8) is 0 Å². The predicted octanol–water partition coefficient (Wildman–Crippen LogP) is 2.47. The van der Waals surface area contributed by atoms with Crippen molar-refractivity contribution in [2.45, 2.75) is 13.0 Å². The second-order valence-corrected chi connectivity index (χ2v) is 4.63. The van der Waals surface area contributed by atoms with E-state index in [1.165, 1.54) is 0 Å². The van der Waals surface area contributed by atoms with Crippen molar-refractivity contribution in [3.8, 4) is 17.6 Å². The summed E-state index contributed by atoms with van der Waals surface area (Å²) in [5.74, 6) is 0.426. The van der Waals surface area contributed by atoms with Crippen molar-refractivity contribution in [2.24, 2.45) is 5.73 Å². The predicted molar refractivity (Wildman–Crippen MR) is 78.3 cm³/mol. The number of pyridine rings is 1. The van der Waals surface area contributed by atoms with Gasteiger partial charge in [-0.05, 0) is 30.7 Å². The zero-order chi connectivity index (χ0) is 14.7. The van der Waals surface area contributed by atoms with Gasteiger partial charge in [0.05, 0.1) is 5.69 Å². The number of para-hydroxylation sites is 1. The molecule has 0 amide bonds. The van der Waals surface area contributed by atoms with Crippen LogP contribution in [0.1, 0.15) is 18.5 Å². The maximum absolute atomic E-state index is 5.84. The lowest BCUT2D eigenvalue weighted by molar-refractivity contribution is 0.423. The maximum atomic E-state index is 5.84. The van der Waals surface area contributed by atoms with E-state index >= 15 is 0 Å². The molecule has 0 aliphatic carbocycles. The zero-order valence-corrected chi connectivity index (χ0v) is 11.5. The van der Waals surface area contributed by atoms with Crippen molar-refractivity contribution in [1.82, 2.24) is 19.7 Å². The van der Waals surface area contributed by atoms with Crippen LogP contribution in [0.5, 0.6) is 11.9 Å². The van der Waals surface area contributed by atoms with Crippen LogP contribution in [0, 0.1) is 0 Å². The van der Waals surface area contributed by atoms with E-state index in [2.05, 4.69) is 15.1 Å². The van der Waals surface area contributed by atoms with Crippen molar-refractivity contribution in [2.75, 3.05) is 0 Å². The average molecular weight is 281 g/mol. The Labute approximate surface area is 122 Å². The van der Waals surface area contributed by atoms with Crippen LogP contribution in [0.25, 0.3) is 5.69 Å². The number of aromatic nitrogens is 4. The van der Waals surface area contributed by atoms with Gasteiger partial charge in [-0.2, -0.15) is 4.98 Å². The number of hydrogen-bond donors (Lipinski definition) is 1. The van der Waals surface area contributed by atoms with Gasteiger partial charge < -0.3 is 10.5 Å². The van der Waals surface area contributed by atoms with Gasteiger partial charge >= 0.3 is 6.01 Å². The quantitative estimate of drug-likeness (QED) is 0.794.